The zero-order chi connectivity index (χ0) is 10.7. The summed E-state index contributed by atoms with van der Waals surface area (Å²) < 4.78 is 0.986. The third kappa shape index (κ3) is 2.86. The number of halogens is 1. The molecule has 1 aromatic rings. The molecular formula is C11H10BrNOS. The van der Waals surface area contributed by atoms with Gasteiger partial charge < -0.3 is 5.32 Å². The Labute approximate surface area is 101 Å². The molecule has 1 N–H and O–H groups in total. The summed E-state index contributed by atoms with van der Waals surface area (Å²) in [6.07, 6.45) is 1.67. The van der Waals surface area contributed by atoms with Gasteiger partial charge in [-0.05, 0) is 24.3 Å². The molecule has 78 valence electrons. The smallest absolute Gasteiger partial charge is 0.188 e. The van der Waals surface area contributed by atoms with E-state index in [1.54, 1.807) is 17.8 Å². The first-order valence-corrected chi connectivity index (χ1v) is 6.42. The summed E-state index contributed by atoms with van der Waals surface area (Å²) in [5.41, 5.74) is 0.722. The third-order valence-corrected chi connectivity index (χ3v) is 3.56. The molecule has 0 aliphatic carbocycles. The number of thioether (sulfide) groups is 1. The van der Waals surface area contributed by atoms with Gasteiger partial charge in [0.25, 0.3) is 0 Å². The van der Waals surface area contributed by atoms with Gasteiger partial charge >= 0.3 is 0 Å². The van der Waals surface area contributed by atoms with Gasteiger partial charge in [-0.15, -0.1) is 11.8 Å². The predicted octanol–water partition coefficient (Wildman–Crippen LogP) is 2.81. The summed E-state index contributed by atoms with van der Waals surface area (Å²) in [5.74, 6) is 1.10. The first-order chi connectivity index (χ1) is 7.25. The molecule has 0 saturated carbocycles. The molecule has 0 amide bonds. The highest BCUT2D eigenvalue weighted by atomic mass is 79.9. The molecule has 0 bridgehead atoms. The van der Waals surface area contributed by atoms with E-state index in [-0.39, 0.29) is 5.78 Å². The maximum absolute atomic E-state index is 11.8. The molecule has 1 fully saturated rings. The maximum atomic E-state index is 11.8. The van der Waals surface area contributed by atoms with Crippen molar-refractivity contribution in [3.05, 3.63) is 45.4 Å². The number of rotatable bonds is 2. The lowest BCUT2D eigenvalue weighted by molar-refractivity contribution is 0.104. The SMILES string of the molecule is O=C(/C=C1/NCCS1)c1ccc(Br)cc1. The summed E-state index contributed by atoms with van der Waals surface area (Å²) in [7, 11) is 0. The van der Waals surface area contributed by atoms with Crippen LogP contribution in [0.15, 0.2) is 39.8 Å². The van der Waals surface area contributed by atoms with Gasteiger partial charge in [-0.2, -0.15) is 0 Å². The molecule has 0 spiro atoms. The molecule has 2 rings (SSSR count). The van der Waals surface area contributed by atoms with E-state index in [0.717, 1.165) is 27.4 Å². The standard InChI is InChI=1S/C11H10BrNOS/c12-9-3-1-8(2-4-9)10(14)7-11-13-5-6-15-11/h1-4,7,13H,5-6H2/b11-7-. The van der Waals surface area contributed by atoms with Crippen LogP contribution in [0.4, 0.5) is 0 Å². The largest absolute Gasteiger partial charge is 0.379 e. The number of hydrogen-bond donors (Lipinski definition) is 1. The first kappa shape index (κ1) is 10.8. The minimum Gasteiger partial charge on any atom is -0.379 e. The number of carbonyl (C=O) groups excluding carboxylic acids is 1. The second kappa shape index (κ2) is 4.86. The van der Waals surface area contributed by atoms with E-state index in [9.17, 15) is 4.79 Å². The zero-order valence-corrected chi connectivity index (χ0v) is 10.4. The van der Waals surface area contributed by atoms with Crippen LogP contribution in [-0.4, -0.2) is 18.1 Å². The van der Waals surface area contributed by atoms with Crippen molar-refractivity contribution >= 4 is 33.5 Å². The Hall–Kier alpha value is -0.740. The van der Waals surface area contributed by atoms with Gasteiger partial charge in [-0.3, -0.25) is 4.79 Å². The average Bonchev–Trinajstić information content (AvgIpc) is 2.71. The molecule has 1 saturated heterocycles. The van der Waals surface area contributed by atoms with Crippen molar-refractivity contribution in [1.29, 1.82) is 0 Å². The molecule has 1 heterocycles. The van der Waals surface area contributed by atoms with Crippen LogP contribution in [0.2, 0.25) is 0 Å². The van der Waals surface area contributed by atoms with Crippen molar-refractivity contribution in [2.45, 2.75) is 0 Å². The monoisotopic (exact) mass is 283 g/mol. The van der Waals surface area contributed by atoms with E-state index in [1.807, 2.05) is 24.3 Å². The molecule has 2 nitrogen and oxygen atoms in total. The average molecular weight is 284 g/mol. The number of nitrogens with one attached hydrogen (secondary N) is 1. The minimum atomic E-state index is 0.0550. The number of carbonyl (C=O) groups is 1. The van der Waals surface area contributed by atoms with Crippen molar-refractivity contribution in [1.82, 2.24) is 5.32 Å². The summed E-state index contributed by atoms with van der Waals surface area (Å²) in [5, 5.41) is 4.14. The van der Waals surface area contributed by atoms with Crippen LogP contribution in [0.25, 0.3) is 0 Å². The summed E-state index contributed by atoms with van der Waals surface area (Å²) in [6, 6.07) is 7.40. The van der Waals surface area contributed by atoms with Crippen molar-refractivity contribution in [3.8, 4) is 0 Å². The van der Waals surface area contributed by atoms with E-state index in [1.165, 1.54) is 0 Å². The van der Waals surface area contributed by atoms with Crippen LogP contribution in [0, 0.1) is 0 Å². The molecule has 0 aromatic heterocycles. The highest BCUT2D eigenvalue weighted by Crippen LogP contribution is 2.19. The fraction of sp³-hybridized carbons (Fsp3) is 0.182. The number of allylic oxidation sites excluding steroid dienone is 1. The van der Waals surface area contributed by atoms with Crippen LogP contribution in [-0.2, 0) is 0 Å². The Kier molecular flexibility index (Phi) is 3.49. The van der Waals surface area contributed by atoms with Gasteiger partial charge in [0.1, 0.15) is 0 Å². The molecule has 1 aliphatic rings. The fourth-order valence-corrected chi connectivity index (χ4v) is 2.38. The van der Waals surface area contributed by atoms with E-state index in [2.05, 4.69) is 21.2 Å². The highest BCUT2D eigenvalue weighted by molar-refractivity contribution is 9.10. The Balaban J connectivity index is 2.14. The van der Waals surface area contributed by atoms with Gasteiger partial charge in [-0.25, -0.2) is 0 Å². The topological polar surface area (TPSA) is 29.1 Å². The Morgan fingerprint density at radius 1 is 1.40 bits per heavy atom. The lowest BCUT2D eigenvalue weighted by Crippen LogP contribution is -2.06. The van der Waals surface area contributed by atoms with E-state index >= 15 is 0 Å². The predicted molar refractivity (Wildman–Crippen MR) is 67.0 cm³/mol. The van der Waals surface area contributed by atoms with Crippen LogP contribution >= 0.6 is 27.7 Å². The van der Waals surface area contributed by atoms with Crippen molar-refractivity contribution in [2.24, 2.45) is 0 Å². The van der Waals surface area contributed by atoms with Crippen LogP contribution in [0.3, 0.4) is 0 Å². The Morgan fingerprint density at radius 2 is 2.13 bits per heavy atom. The van der Waals surface area contributed by atoms with Gasteiger partial charge in [0.2, 0.25) is 0 Å². The molecule has 4 heteroatoms. The summed E-state index contributed by atoms with van der Waals surface area (Å²) in [4.78, 5) is 11.8. The van der Waals surface area contributed by atoms with Gasteiger partial charge in [0.15, 0.2) is 5.78 Å². The lowest BCUT2D eigenvalue weighted by Gasteiger charge is -1.98. The number of ketones is 1. The third-order valence-electron chi connectivity index (χ3n) is 2.05. The molecule has 0 atom stereocenters. The normalized spacial score (nSPS) is 17.8. The van der Waals surface area contributed by atoms with Crippen LogP contribution in [0.1, 0.15) is 10.4 Å². The van der Waals surface area contributed by atoms with E-state index in [0.29, 0.717) is 0 Å². The van der Waals surface area contributed by atoms with E-state index < -0.39 is 0 Å². The molecule has 0 radical (unpaired) electrons. The minimum absolute atomic E-state index is 0.0550. The van der Waals surface area contributed by atoms with E-state index in [4.69, 9.17) is 0 Å². The Bertz CT molecular complexity index is 392. The Morgan fingerprint density at radius 3 is 2.73 bits per heavy atom. The second-order valence-corrected chi connectivity index (χ2v) is 5.21. The molecule has 1 aliphatic heterocycles. The number of hydrogen-bond acceptors (Lipinski definition) is 3. The summed E-state index contributed by atoms with van der Waals surface area (Å²) in [6.45, 7) is 0.949. The van der Waals surface area contributed by atoms with Gasteiger partial charge in [-0.1, -0.05) is 15.9 Å². The lowest BCUT2D eigenvalue weighted by atomic mass is 10.1. The molecule has 0 unspecified atom stereocenters. The van der Waals surface area contributed by atoms with Gasteiger partial charge in [0.05, 0.1) is 5.03 Å². The van der Waals surface area contributed by atoms with Crippen molar-refractivity contribution in [3.63, 3.8) is 0 Å². The summed E-state index contributed by atoms with van der Waals surface area (Å²) >= 11 is 5.03. The van der Waals surface area contributed by atoms with Crippen LogP contribution < -0.4 is 5.32 Å². The van der Waals surface area contributed by atoms with Crippen molar-refractivity contribution in [2.75, 3.05) is 12.3 Å². The molecule has 1 aromatic carbocycles. The first-order valence-electron chi connectivity index (χ1n) is 4.64. The maximum Gasteiger partial charge on any atom is 0.188 e. The quantitative estimate of drug-likeness (QED) is 0.669. The molecular weight excluding hydrogens is 274 g/mol. The van der Waals surface area contributed by atoms with Crippen LogP contribution in [0.5, 0.6) is 0 Å². The zero-order valence-electron chi connectivity index (χ0n) is 8.00. The molecule has 15 heavy (non-hydrogen) atoms. The highest BCUT2D eigenvalue weighted by Gasteiger charge is 2.09. The fourth-order valence-electron chi connectivity index (χ4n) is 1.30. The van der Waals surface area contributed by atoms with Gasteiger partial charge in [0, 0.05) is 28.4 Å². The number of benzene rings is 1. The second-order valence-electron chi connectivity index (χ2n) is 3.15. The van der Waals surface area contributed by atoms with Crippen molar-refractivity contribution < 1.29 is 4.79 Å².